The number of aromatic nitrogens is 1. The zero-order valence-corrected chi connectivity index (χ0v) is 16.1. The van der Waals surface area contributed by atoms with Crippen LogP contribution >= 0.6 is 0 Å². The highest BCUT2D eigenvalue weighted by atomic mass is 19.2. The molecule has 1 saturated carbocycles. The van der Waals surface area contributed by atoms with Crippen molar-refractivity contribution in [2.45, 2.75) is 51.9 Å². The summed E-state index contributed by atoms with van der Waals surface area (Å²) in [6.07, 6.45) is 12.2. The first-order valence-electron chi connectivity index (χ1n) is 9.87. The molecule has 0 saturated heterocycles. The molecule has 0 amide bonds. The van der Waals surface area contributed by atoms with Crippen LogP contribution in [0.5, 0.6) is 5.75 Å². The van der Waals surface area contributed by atoms with Gasteiger partial charge in [0.15, 0.2) is 11.6 Å². The summed E-state index contributed by atoms with van der Waals surface area (Å²) in [5.74, 6) is -0.749. The van der Waals surface area contributed by atoms with Gasteiger partial charge in [-0.1, -0.05) is 25.1 Å². The lowest BCUT2D eigenvalue weighted by atomic mass is 9.79. The molecule has 144 valence electrons. The van der Waals surface area contributed by atoms with E-state index in [2.05, 4.69) is 24.1 Å². The molecule has 1 aromatic carbocycles. The molecule has 0 bridgehead atoms. The molecule has 2 aromatic rings. The van der Waals surface area contributed by atoms with Crippen molar-refractivity contribution in [1.82, 2.24) is 4.98 Å². The second-order valence-electron chi connectivity index (χ2n) is 7.10. The van der Waals surface area contributed by atoms with E-state index in [1.54, 1.807) is 13.0 Å². The van der Waals surface area contributed by atoms with Crippen LogP contribution in [-0.4, -0.2) is 11.6 Å². The minimum absolute atomic E-state index is 0.0655. The van der Waals surface area contributed by atoms with Gasteiger partial charge in [-0.15, -0.1) is 0 Å². The molecular weight excluding hydrogens is 344 g/mol. The van der Waals surface area contributed by atoms with Crippen LogP contribution in [0.2, 0.25) is 0 Å². The van der Waals surface area contributed by atoms with Gasteiger partial charge in [0.2, 0.25) is 5.82 Å². The van der Waals surface area contributed by atoms with Crippen LogP contribution in [0.25, 0.3) is 11.3 Å². The molecule has 0 radical (unpaired) electrons. The number of benzene rings is 1. The molecule has 3 rings (SSSR count). The minimum Gasteiger partial charge on any atom is -0.491 e. The number of halogens is 2. The molecular formula is C23H27F2NO. The number of allylic oxidation sites excluding steroid dienone is 2. The minimum atomic E-state index is -0.960. The first-order valence-corrected chi connectivity index (χ1v) is 9.87. The lowest BCUT2D eigenvalue weighted by molar-refractivity contribution is 0.314. The third-order valence-electron chi connectivity index (χ3n) is 5.30. The van der Waals surface area contributed by atoms with Crippen LogP contribution in [0.3, 0.4) is 0 Å². The summed E-state index contributed by atoms with van der Waals surface area (Å²) in [4.78, 5) is 4.41. The predicted molar refractivity (Wildman–Crippen MR) is 105 cm³/mol. The van der Waals surface area contributed by atoms with Gasteiger partial charge in [-0.3, -0.25) is 4.98 Å². The fourth-order valence-electron chi connectivity index (χ4n) is 3.78. The lowest BCUT2D eigenvalue weighted by Gasteiger charge is -2.27. The largest absolute Gasteiger partial charge is 0.491 e. The molecule has 0 unspecified atom stereocenters. The van der Waals surface area contributed by atoms with E-state index in [1.165, 1.54) is 30.5 Å². The molecule has 2 nitrogen and oxygen atoms in total. The van der Waals surface area contributed by atoms with Crippen LogP contribution in [0, 0.1) is 17.6 Å². The van der Waals surface area contributed by atoms with Gasteiger partial charge in [0, 0.05) is 11.8 Å². The molecule has 0 spiro atoms. The maximum atomic E-state index is 14.4. The van der Waals surface area contributed by atoms with Crippen molar-refractivity contribution in [3.8, 4) is 17.0 Å². The molecule has 1 aliphatic rings. The van der Waals surface area contributed by atoms with Crippen molar-refractivity contribution in [3.63, 3.8) is 0 Å². The summed E-state index contributed by atoms with van der Waals surface area (Å²) in [5, 5.41) is 0. The maximum absolute atomic E-state index is 14.4. The normalized spacial score (nSPS) is 20.1. The van der Waals surface area contributed by atoms with Gasteiger partial charge in [-0.25, -0.2) is 4.39 Å². The number of hydrogen-bond donors (Lipinski definition) is 0. The standard InChI is InChI=1S/C23H27F2NO/c1-3-5-6-16-7-9-17(10-8-16)18-11-13-20(26-15-18)19-12-14-21(27-4-2)23(25)22(19)24/h5-6,11-17H,3-4,7-10H2,1-2H3/b6-5+. The summed E-state index contributed by atoms with van der Waals surface area (Å²) in [7, 11) is 0. The van der Waals surface area contributed by atoms with Crippen LogP contribution < -0.4 is 4.74 Å². The van der Waals surface area contributed by atoms with Crippen LogP contribution in [0.1, 0.15) is 57.4 Å². The molecule has 4 heteroatoms. The number of hydrogen-bond acceptors (Lipinski definition) is 2. The Hall–Kier alpha value is -2.23. The topological polar surface area (TPSA) is 22.1 Å². The fourth-order valence-corrected chi connectivity index (χ4v) is 3.78. The second-order valence-corrected chi connectivity index (χ2v) is 7.10. The Bertz CT molecular complexity index is 778. The van der Waals surface area contributed by atoms with E-state index >= 15 is 0 Å². The summed E-state index contributed by atoms with van der Waals surface area (Å²) in [6.45, 7) is 4.19. The van der Waals surface area contributed by atoms with E-state index < -0.39 is 11.6 Å². The van der Waals surface area contributed by atoms with E-state index in [-0.39, 0.29) is 11.3 Å². The number of rotatable bonds is 6. The SMILES string of the molecule is CC/C=C/C1CCC(c2ccc(-c3ccc(OCC)c(F)c3F)nc2)CC1. The zero-order chi connectivity index (χ0) is 19.2. The number of pyridine rings is 1. The Morgan fingerprint density at radius 2 is 1.81 bits per heavy atom. The van der Waals surface area contributed by atoms with Gasteiger partial charge in [0.1, 0.15) is 0 Å². The van der Waals surface area contributed by atoms with Crippen LogP contribution in [0.15, 0.2) is 42.6 Å². The first kappa shape index (κ1) is 19.5. The molecule has 0 N–H and O–H groups in total. The zero-order valence-electron chi connectivity index (χ0n) is 16.1. The molecule has 0 aliphatic heterocycles. The van der Waals surface area contributed by atoms with E-state index in [9.17, 15) is 8.78 Å². The summed E-state index contributed by atoms with van der Waals surface area (Å²) in [5.41, 5.74) is 1.79. The molecule has 0 atom stereocenters. The first-order chi connectivity index (χ1) is 13.1. The molecule has 1 aliphatic carbocycles. The highest BCUT2D eigenvalue weighted by Gasteiger charge is 2.22. The smallest absolute Gasteiger partial charge is 0.201 e. The van der Waals surface area contributed by atoms with Gasteiger partial charge in [-0.2, -0.15) is 4.39 Å². The molecule has 1 heterocycles. The number of ether oxygens (including phenoxy) is 1. The number of nitrogens with zero attached hydrogens (tertiary/aromatic N) is 1. The second kappa shape index (κ2) is 9.12. The van der Waals surface area contributed by atoms with Crippen molar-refractivity contribution in [1.29, 1.82) is 0 Å². The lowest BCUT2D eigenvalue weighted by Crippen LogP contribution is -2.12. The van der Waals surface area contributed by atoms with E-state index in [1.807, 2.05) is 12.3 Å². The monoisotopic (exact) mass is 371 g/mol. The average molecular weight is 371 g/mol. The third-order valence-corrected chi connectivity index (χ3v) is 5.30. The van der Waals surface area contributed by atoms with Gasteiger partial charge in [-0.05, 0) is 74.6 Å². The average Bonchev–Trinajstić information content (AvgIpc) is 2.71. The Balaban J connectivity index is 1.71. The fraction of sp³-hybridized carbons (Fsp3) is 0.435. The summed E-state index contributed by atoms with van der Waals surface area (Å²) < 4.78 is 33.6. The Kier molecular flexibility index (Phi) is 6.59. The maximum Gasteiger partial charge on any atom is 0.201 e. The molecule has 1 aromatic heterocycles. The van der Waals surface area contributed by atoms with E-state index in [0.717, 1.165) is 19.3 Å². The van der Waals surface area contributed by atoms with Gasteiger partial charge < -0.3 is 4.74 Å². The van der Waals surface area contributed by atoms with Crippen molar-refractivity contribution in [3.05, 3.63) is 59.8 Å². The highest BCUT2D eigenvalue weighted by Crippen LogP contribution is 2.37. The Morgan fingerprint density at radius 3 is 2.44 bits per heavy atom. The van der Waals surface area contributed by atoms with Crippen LogP contribution in [-0.2, 0) is 0 Å². The molecule has 27 heavy (non-hydrogen) atoms. The van der Waals surface area contributed by atoms with Gasteiger partial charge in [0.05, 0.1) is 12.3 Å². The van der Waals surface area contributed by atoms with Crippen LogP contribution in [0.4, 0.5) is 8.78 Å². The molecule has 1 fully saturated rings. The summed E-state index contributed by atoms with van der Waals surface area (Å²) >= 11 is 0. The van der Waals surface area contributed by atoms with Crippen molar-refractivity contribution in [2.24, 2.45) is 5.92 Å². The van der Waals surface area contributed by atoms with E-state index in [4.69, 9.17) is 4.74 Å². The third kappa shape index (κ3) is 4.55. The van der Waals surface area contributed by atoms with Gasteiger partial charge >= 0.3 is 0 Å². The quantitative estimate of drug-likeness (QED) is 0.529. The Morgan fingerprint density at radius 1 is 1.04 bits per heavy atom. The van der Waals surface area contributed by atoms with Crippen molar-refractivity contribution >= 4 is 0 Å². The predicted octanol–water partition coefficient (Wildman–Crippen LogP) is 6.67. The van der Waals surface area contributed by atoms with Gasteiger partial charge in [0.25, 0.3) is 0 Å². The highest BCUT2D eigenvalue weighted by molar-refractivity contribution is 5.61. The van der Waals surface area contributed by atoms with E-state index in [0.29, 0.717) is 24.1 Å². The Labute approximate surface area is 160 Å². The van der Waals surface area contributed by atoms with Crippen molar-refractivity contribution in [2.75, 3.05) is 6.61 Å². The summed E-state index contributed by atoms with van der Waals surface area (Å²) in [6, 6.07) is 6.77. The van der Waals surface area contributed by atoms with Crippen molar-refractivity contribution < 1.29 is 13.5 Å².